The van der Waals surface area contributed by atoms with E-state index in [0.717, 1.165) is 23.2 Å². The summed E-state index contributed by atoms with van der Waals surface area (Å²) < 4.78 is 1.14. The van der Waals surface area contributed by atoms with E-state index in [0.29, 0.717) is 5.92 Å². The van der Waals surface area contributed by atoms with Gasteiger partial charge in [-0.1, -0.05) is 34.1 Å². The van der Waals surface area contributed by atoms with E-state index in [9.17, 15) is 4.79 Å². The van der Waals surface area contributed by atoms with Crippen molar-refractivity contribution in [2.24, 2.45) is 5.92 Å². The minimum Gasteiger partial charge on any atom is -0.478 e. The van der Waals surface area contributed by atoms with E-state index in [-0.39, 0.29) is 0 Å². The van der Waals surface area contributed by atoms with E-state index < -0.39 is 5.97 Å². The van der Waals surface area contributed by atoms with Crippen molar-refractivity contribution in [3.05, 3.63) is 46.5 Å². The topological polar surface area (TPSA) is 37.3 Å². The van der Waals surface area contributed by atoms with E-state index in [1.165, 1.54) is 37.3 Å². The fourth-order valence-corrected chi connectivity index (χ4v) is 3.30. The Hall–Kier alpha value is -1.09. The average molecular weight is 337 g/mol. The first-order valence-corrected chi connectivity index (χ1v) is 8.09. The van der Waals surface area contributed by atoms with Gasteiger partial charge in [0.2, 0.25) is 0 Å². The predicted molar refractivity (Wildman–Crippen MR) is 84.9 cm³/mol. The van der Waals surface area contributed by atoms with Crippen LogP contribution >= 0.6 is 15.9 Å². The highest BCUT2D eigenvalue weighted by molar-refractivity contribution is 9.10. The minimum atomic E-state index is -0.844. The van der Waals surface area contributed by atoms with Gasteiger partial charge in [-0.25, -0.2) is 4.79 Å². The van der Waals surface area contributed by atoms with Crippen LogP contribution in [-0.4, -0.2) is 11.1 Å². The highest BCUT2D eigenvalue weighted by Gasteiger charge is 2.21. The second kappa shape index (κ2) is 7.63. The maximum atomic E-state index is 10.4. The van der Waals surface area contributed by atoms with Gasteiger partial charge in [0.05, 0.1) is 0 Å². The summed E-state index contributed by atoms with van der Waals surface area (Å²) in [7, 11) is 0. The van der Waals surface area contributed by atoms with Crippen LogP contribution in [0.2, 0.25) is 0 Å². The molecule has 2 nitrogen and oxygen atoms in total. The minimum absolute atomic E-state index is 0.703. The van der Waals surface area contributed by atoms with Crippen molar-refractivity contribution in [3.8, 4) is 0 Å². The van der Waals surface area contributed by atoms with Crippen LogP contribution in [0.4, 0.5) is 0 Å². The number of carbonyl (C=O) groups is 1. The fourth-order valence-electron chi connectivity index (χ4n) is 3.04. The first-order chi connectivity index (χ1) is 9.65. The van der Waals surface area contributed by atoms with Gasteiger partial charge in [-0.15, -0.1) is 0 Å². The molecule has 1 aromatic carbocycles. The summed E-state index contributed by atoms with van der Waals surface area (Å²) in [4.78, 5) is 10.4. The van der Waals surface area contributed by atoms with Crippen LogP contribution in [0.1, 0.15) is 50.0 Å². The Balaban J connectivity index is 1.75. The van der Waals surface area contributed by atoms with Crippen LogP contribution in [0.15, 0.2) is 40.9 Å². The Bertz CT molecular complexity index is 456. The SMILES string of the molecule is O=C(O)/C=C/CCC1CCC(c2ccc(Br)cc2)CC1. The first kappa shape index (κ1) is 15.3. The Morgan fingerprint density at radius 3 is 2.45 bits per heavy atom. The number of carboxylic acid groups (broad SMARTS) is 1. The van der Waals surface area contributed by atoms with Crippen LogP contribution in [0.3, 0.4) is 0 Å². The van der Waals surface area contributed by atoms with Crippen molar-refractivity contribution in [3.63, 3.8) is 0 Å². The molecule has 0 saturated heterocycles. The number of rotatable bonds is 5. The van der Waals surface area contributed by atoms with Gasteiger partial charge in [-0.2, -0.15) is 0 Å². The molecule has 1 aliphatic rings. The zero-order chi connectivity index (χ0) is 14.4. The molecule has 0 bridgehead atoms. The van der Waals surface area contributed by atoms with Crippen LogP contribution in [-0.2, 0) is 4.79 Å². The van der Waals surface area contributed by atoms with Gasteiger partial charge in [0.15, 0.2) is 0 Å². The molecule has 1 aromatic rings. The van der Waals surface area contributed by atoms with Crippen molar-refractivity contribution < 1.29 is 9.90 Å². The maximum Gasteiger partial charge on any atom is 0.327 e. The Morgan fingerprint density at radius 1 is 1.20 bits per heavy atom. The molecule has 1 fully saturated rings. The molecule has 0 atom stereocenters. The summed E-state index contributed by atoms with van der Waals surface area (Å²) in [6.45, 7) is 0. The van der Waals surface area contributed by atoms with Gasteiger partial charge in [-0.05, 0) is 68.1 Å². The van der Waals surface area contributed by atoms with Crippen LogP contribution in [0.5, 0.6) is 0 Å². The molecule has 2 rings (SSSR count). The van der Waals surface area contributed by atoms with Crippen LogP contribution in [0, 0.1) is 5.92 Å². The molecule has 0 heterocycles. The highest BCUT2D eigenvalue weighted by atomic mass is 79.9. The lowest BCUT2D eigenvalue weighted by molar-refractivity contribution is -0.131. The normalized spacial score (nSPS) is 23.1. The predicted octanol–water partition coefficient (Wildman–Crippen LogP) is 5.14. The maximum absolute atomic E-state index is 10.4. The van der Waals surface area contributed by atoms with E-state index >= 15 is 0 Å². The molecule has 0 aromatic heterocycles. The first-order valence-electron chi connectivity index (χ1n) is 7.30. The highest BCUT2D eigenvalue weighted by Crippen LogP contribution is 2.37. The number of carboxylic acids is 1. The van der Waals surface area contributed by atoms with E-state index in [2.05, 4.69) is 40.2 Å². The quantitative estimate of drug-likeness (QED) is 0.755. The summed E-state index contributed by atoms with van der Waals surface area (Å²) >= 11 is 3.48. The van der Waals surface area contributed by atoms with Gasteiger partial charge in [-0.3, -0.25) is 0 Å². The molecule has 1 N–H and O–H groups in total. The van der Waals surface area contributed by atoms with Crippen molar-refractivity contribution in [1.29, 1.82) is 0 Å². The molecule has 0 amide bonds. The Kier molecular flexibility index (Phi) is 5.84. The summed E-state index contributed by atoms with van der Waals surface area (Å²) in [5, 5.41) is 8.54. The molecule has 0 spiro atoms. The number of hydrogen-bond donors (Lipinski definition) is 1. The summed E-state index contributed by atoms with van der Waals surface area (Å²) in [6, 6.07) is 8.70. The number of benzene rings is 1. The lowest BCUT2D eigenvalue weighted by atomic mass is 9.77. The number of halogens is 1. The third-order valence-corrected chi connectivity index (χ3v) is 4.72. The van der Waals surface area contributed by atoms with E-state index in [1.807, 2.05) is 0 Å². The fraction of sp³-hybridized carbons (Fsp3) is 0.471. The average Bonchev–Trinajstić information content (AvgIpc) is 2.45. The van der Waals surface area contributed by atoms with Gasteiger partial charge in [0, 0.05) is 10.5 Å². The molecule has 0 radical (unpaired) electrons. The molecule has 3 heteroatoms. The molecule has 1 saturated carbocycles. The lowest BCUT2D eigenvalue weighted by Gasteiger charge is -2.28. The Morgan fingerprint density at radius 2 is 1.85 bits per heavy atom. The van der Waals surface area contributed by atoms with E-state index in [1.54, 1.807) is 6.08 Å². The molecular weight excluding hydrogens is 316 g/mol. The zero-order valence-corrected chi connectivity index (χ0v) is 13.2. The third-order valence-electron chi connectivity index (χ3n) is 4.19. The molecule has 20 heavy (non-hydrogen) atoms. The van der Waals surface area contributed by atoms with Gasteiger partial charge < -0.3 is 5.11 Å². The monoisotopic (exact) mass is 336 g/mol. The molecule has 0 aliphatic heterocycles. The molecule has 1 aliphatic carbocycles. The molecular formula is C17H21BrO2. The van der Waals surface area contributed by atoms with Gasteiger partial charge in [0.25, 0.3) is 0 Å². The van der Waals surface area contributed by atoms with E-state index in [4.69, 9.17) is 5.11 Å². The Labute approximate surface area is 129 Å². The van der Waals surface area contributed by atoms with Gasteiger partial charge in [0.1, 0.15) is 0 Å². The number of hydrogen-bond acceptors (Lipinski definition) is 1. The van der Waals surface area contributed by atoms with Crippen LogP contribution < -0.4 is 0 Å². The third kappa shape index (κ3) is 4.78. The van der Waals surface area contributed by atoms with Crippen molar-refractivity contribution in [1.82, 2.24) is 0 Å². The lowest BCUT2D eigenvalue weighted by Crippen LogP contribution is -2.13. The second-order valence-corrected chi connectivity index (χ2v) is 6.50. The zero-order valence-electron chi connectivity index (χ0n) is 11.6. The largest absolute Gasteiger partial charge is 0.478 e. The second-order valence-electron chi connectivity index (χ2n) is 5.59. The van der Waals surface area contributed by atoms with Crippen LogP contribution in [0.25, 0.3) is 0 Å². The van der Waals surface area contributed by atoms with Crippen molar-refractivity contribution >= 4 is 21.9 Å². The van der Waals surface area contributed by atoms with Gasteiger partial charge >= 0.3 is 5.97 Å². The summed E-state index contributed by atoms with van der Waals surface area (Å²) in [5.74, 6) is 0.623. The van der Waals surface area contributed by atoms with Crippen molar-refractivity contribution in [2.75, 3.05) is 0 Å². The summed E-state index contributed by atoms with van der Waals surface area (Å²) in [6.07, 6.45) is 10.1. The summed E-state index contributed by atoms with van der Waals surface area (Å²) in [5.41, 5.74) is 1.46. The molecule has 108 valence electrons. The van der Waals surface area contributed by atoms with Crippen molar-refractivity contribution in [2.45, 2.75) is 44.4 Å². The number of aliphatic carboxylic acids is 1. The molecule has 0 unspecified atom stereocenters. The standard InChI is InChI=1S/C17H21BrO2/c18-16-11-9-15(10-12-16)14-7-5-13(6-8-14)3-1-2-4-17(19)20/h2,4,9-14H,1,3,5-8H2,(H,19,20)/b4-2+. The number of allylic oxidation sites excluding steroid dienone is 1. The smallest absolute Gasteiger partial charge is 0.327 e.